The minimum atomic E-state index is -0.107. The molecular weight excluding hydrogens is 286 g/mol. The number of anilines is 1. The van der Waals surface area contributed by atoms with Crippen molar-refractivity contribution in [2.24, 2.45) is 17.6 Å². The number of nitrogens with two attached hydrogens (primary N) is 1. The third kappa shape index (κ3) is 4.42. The van der Waals surface area contributed by atoms with Crippen molar-refractivity contribution in [2.45, 2.75) is 39.5 Å². The van der Waals surface area contributed by atoms with Crippen molar-refractivity contribution in [1.82, 2.24) is 10.3 Å². The monoisotopic (exact) mass is 309 g/mol. The summed E-state index contributed by atoms with van der Waals surface area (Å²) in [6.07, 6.45) is 3.40. The summed E-state index contributed by atoms with van der Waals surface area (Å²) in [5.74, 6) is 0.681. The summed E-state index contributed by atoms with van der Waals surface area (Å²) in [5, 5.41) is 13.6. The van der Waals surface area contributed by atoms with Crippen LogP contribution in [-0.2, 0) is 17.6 Å². The third-order valence-corrected chi connectivity index (χ3v) is 4.61. The van der Waals surface area contributed by atoms with Crippen LogP contribution in [0.4, 0.5) is 5.13 Å². The van der Waals surface area contributed by atoms with Gasteiger partial charge in [-0.1, -0.05) is 13.8 Å². The van der Waals surface area contributed by atoms with E-state index in [1.54, 1.807) is 0 Å². The van der Waals surface area contributed by atoms with Crippen LogP contribution in [0.5, 0.6) is 0 Å². The molecule has 0 saturated carbocycles. The molecule has 1 aliphatic rings. The Balaban J connectivity index is 1.91. The average Bonchev–Trinajstić information content (AvgIpc) is 2.78. The molecule has 2 rings (SSSR count). The summed E-state index contributed by atoms with van der Waals surface area (Å²) in [7, 11) is 0. The van der Waals surface area contributed by atoms with Crippen LogP contribution in [0, 0.1) is 17.2 Å². The Bertz CT molecular complexity index is 525. The zero-order valence-corrected chi connectivity index (χ0v) is 13.3. The number of aryl methyl sites for hydroxylation is 1. The molecule has 1 aromatic rings. The van der Waals surface area contributed by atoms with Crippen LogP contribution in [0.3, 0.4) is 0 Å². The molecule has 0 aromatic carbocycles. The van der Waals surface area contributed by atoms with Gasteiger partial charge in [0.2, 0.25) is 5.91 Å². The second-order valence-electron chi connectivity index (χ2n) is 5.84. The van der Waals surface area contributed by atoms with E-state index in [4.69, 9.17) is 11.1 Å². The molecule has 5 N–H and O–H groups in total. The zero-order chi connectivity index (χ0) is 15.4. The van der Waals surface area contributed by atoms with Crippen molar-refractivity contribution >= 4 is 28.3 Å². The second-order valence-corrected chi connectivity index (χ2v) is 6.92. The molecule has 6 nitrogen and oxygen atoms in total. The Hall–Kier alpha value is -1.63. The summed E-state index contributed by atoms with van der Waals surface area (Å²) in [5.41, 5.74) is 6.35. The number of nitrogens with zero attached hydrogens (tertiary/aromatic N) is 1. The van der Waals surface area contributed by atoms with Crippen molar-refractivity contribution in [3.8, 4) is 0 Å². The normalized spacial score (nSPS) is 17.4. The number of amides is 1. The fraction of sp³-hybridized carbons (Fsp3) is 0.643. The molecule has 0 spiro atoms. The van der Waals surface area contributed by atoms with Gasteiger partial charge in [0.15, 0.2) is 11.1 Å². The number of aromatic nitrogens is 1. The molecule has 1 aromatic heterocycles. The fourth-order valence-electron chi connectivity index (χ4n) is 2.40. The quantitative estimate of drug-likeness (QED) is 0.491. The highest BCUT2D eigenvalue weighted by Crippen LogP contribution is 2.32. The van der Waals surface area contributed by atoms with E-state index in [1.165, 1.54) is 11.3 Å². The number of guanidine groups is 1. The minimum Gasteiger partial charge on any atom is -0.370 e. The molecule has 1 atom stereocenters. The number of carbonyl (C=O) groups is 1. The highest BCUT2D eigenvalue weighted by molar-refractivity contribution is 7.15. The van der Waals surface area contributed by atoms with Gasteiger partial charge >= 0.3 is 0 Å². The molecule has 0 radical (unpaired) electrons. The Morgan fingerprint density at radius 2 is 2.33 bits per heavy atom. The summed E-state index contributed by atoms with van der Waals surface area (Å²) < 4.78 is 0. The van der Waals surface area contributed by atoms with Crippen LogP contribution in [0.25, 0.3) is 0 Å². The van der Waals surface area contributed by atoms with Gasteiger partial charge in [0.1, 0.15) is 0 Å². The average molecular weight is 309 g/mol. The third-order valence-electron chi connectivity index (χ3n) is 3.57. The molecule has 0 fully saturated rings. The van der Waals surface area contributed by atoms with Gasteiger partial charge in [-0.3, -0.25) is 10.2 Å². The predicted molar refractivity (Wildman–Crippen MR) is 85.6 cm³/mol. The van der Waals surface area contributed by atoms with Crippen molar-refractivity contribution < 1.29 is 4.79 Å². The van der Waals surface area contributed by atoms with Crippen molar-refractivity contribution in [1.29, 1.82) is 5.41 Å². The van der Waals surface area contributed by atoms with E-state index in [2.05, 4.69) is 29.5 Å². The topological polar surface area (TPSA) is 104 Å². The Kier molecular flexibility index (Phi) is 5.17. The molecule has 0 bridgehead atoms. The number of rotatable bonds is 5. The first-order chi connectivity index (χ1) is 9.95. The molecular formula is C14H23N5OS. The lowest BCUT2D eigenvalue weighted by Gasteiger charge is -2.20. The lowest BCUT2D eigenvalue weighted by Crippen LogP contribution is -2.34. The number of fused-ring (bicyclic) bond motifs is 1. The predicted octanol–water partition coefficient (Wildman–Crippen LogP) is 1.72. The first-order valence-corrected chi connectivity index (χ1v) is 8.14. The van der Waals surface area contributed by atoms with E-state index < -0.39 is 0 Å². The molecule has 0 aliphatic heterocycles. The van der Waals surface area contributed by atoms with E-state index in [0.717, 1.165) is 42.8 Å². The minimum absolute atomic E-state index is 0.0373. The number of nitrogens with one attached hydrogen (secondary N) is 3. The molecule has 0 saturated heterocycles. The van der Waals surface area contributed by atoms with Gasteiger partial charge in [-0.05, 0) is 31.6 Å². The molecule has 1 heterocycles. The highest BCUT2D eigenvalue weighted by atomic mass is 32.1. The van der Waals surface area contributed by atoms with Crippen LogP contribution in [0.2, 0.25) is 0 Å². The first-order valence-electron chi connectivity index (χ1n) is 7.33. The van der Waals surface area contributed by atoms with Crippen LogP contribution < -0.4 is 16.4 Å². The number of hydrogen-bond donors (Lipinski definition) is 4. The number of thiazole rings is 1. The second kappa shape index (κ2) is 6.89. The van der Waals surface area contributed by atoms with E-state index in [9.17, 15) is 4.79 Å². The van der Waals surface area contributed by atoms with Gasteiger partial charge in [-0.15, -0.1) is 11.3 Å². The van der Waals surface area contributed by atoms with E-state index >= 15 is 0 Å². The van der Waals surface area contributed by atoms with Crippen LogP contribution in [0.15, 0.2) is 0 Å². The fourth-order valence-corrected chi connectivity index (χ4v) is 3.50. The Labute approximate surface area is 129 Å². The molecule has 7 heteroatoms. The molecule has 0 unspecified atom stereocenters. The van der Waals surface area contributed by atoms with Gasteiger partial charge in [0.05, 0.1) is 5.69 Å². The van der Waals surface area contributed by atoms with E-state index in [0.29, 0.717) is 11.0 Å². The van der Waals surface area contributed by atoms with Crippen LogP contribution in [-0.4, -0.2) is 23.4 Å². The standard InChI is InChI=1S/C14H23N5OS/c1-8(2)5-6-17-12(20)9-3-4-10-11(7-9)21-14(18-10)19-13(15)16/h8-9H,3-7H2,1-2H3,(H,17,20)(H4,15,16,18,19)/t9-/m0/s1. The summed E-state index contributed by atoms with van der Waals surface area (Å²) >= 11 is 1.49. The van der Waals surface area contributed by atoms with Crippen molar-refractivity contribution in [3.05, 3.63) is 10.6 Å². The van der Waals surface area contributed by atoms with Gasteiger partial charge in [-0.25, -0.2) is 4.98 Å². The van der Waals surface area contributed by atoms with Gasteiger partial charge in [-0.2, -0.15) is 0 Å². The molecule has 1 aliphatic carbocycles. The number of hydrogen-bond acceptors (Lipinski definition) is 4. The number of carbonyl (C=O) groups excluding carboxylic acids is 1. The Morgan fingerprint density at radius 1 is 1.57 bits per heavy atom. The summed E-state index contributed by atoms with van der Waals surface area (Å²) in [6.45, 7) is 5.06. The van der Waals surface area contributed by atoms with Crippen molar-refractivity contribution in [3.63, 3.8) is 0 Å². The lowest BCUT2D eigenvalue weighted by molar-refractivity contribution is -0.125. The maximum absolute atomic E-state index is 12.2. The summed E-state index contributed by atoms with van der Waals surface area (Å²) in [6, 6.07) is 0. The smallest absolute Gasteiger partial charge is 0.223 e. The van der Waals surface area contributed by atoms with E-state index in [-0.39, 0.29) is 17.8 Å². The van der Waals surface area contributed by atoms with Gasteiger partial charge in [0, 0.05) is 17.3 Å². The van der Waals surface area contributed by atoms with Crippen LogP contribution >= 0.6 is 11.3 Å². The maximum atomic E-state index is 12.2. The van der Waals surface area contributed by atoms with Gasteiger partial charge < -0.3 is 16.4 Å². The largest absolute Gasteiger partial charge is 0.370 e. The summed E-state index contributed by atoms with van der Waals surface area (Å²) in [4.78, 5) is 17.7. The maximum Gasteiger partial charge on any atom is 0.223 e. The van der Waals surface area contributed by atoms with Crippen molar-refractivity contribution in [2.75, 3.05) is 11.9 Å². The lowest BCUT2D eigenvalue weighted by atomic mass is 9.90. The Morgan fingerprint density at radius 3 is 3.00 bits per heavy atom. The SMILES string of the molecule is CC(C)CCNC(=O)[C@H]1CCc2nc(NC(=N)N)sc2C1. The molecule has 116 valence electrons. The highest BCUT2D eigenvalue weighted by Gasteiger charge is 2.27. The van der Waals surface area contributed by atoms with Crippen LogP contribution in [0.1, 0.15) is 37.3 Å². The van der Waals surface area contributed by atoms with Gasteiger partial charge in [0.25, 0.3) is 0 Å². The molecule has 1 amide bonds. The molecule has 21 heavy (non-hydrogen) atoms. The zero-order valence-electron chi connectivity index (χ0n) is 12.5. The van der Waals surface area contributed by atoms with E-state index in [1.807, 2.05) is 0 Å². The first kappa shape index (κ1) is 15.8.